The molecule has 2 aromatic carbocycles. The van der Waals surface area contributed by atoms with Gasteiger partial charge in [0.15, 0.2) is 0 Å². The molecule has 0 aliphatic carbocycles. The minimum atomic E-state index is -4.74. The molecule has 0 saturated heterocycles. The van der Waals surface area contributed by atoms with Crippen LogP contribution in [0.15, 0.2) is 48.7 Å². The zero-order chi connectivity index (χ0) is 24.7. The molecule has 1 aromatic heterocycles. The maximum atomic E-state index is 12.5. The van der Waals surface area contributed by atoms with Crippen LogP contribution in [-0.4, -0.2) is 33.6 Å². The molecule has 3 rings (SSSR count). The first kappa shape index (κ1) is 25.1. The van der Waals surface area contributed by atoms with Gasteiger partial charge in [0.1, 0.15) is 17.3 Å². The Bertz CT molecular complexity index is 1110. The van der Waals surface area contributed by atoms with E-state index in [2.05, 4.69) is 9.72 Å². The van der Waals surface area contributed by atoms with Crippen molar-refractivity contribution in [1.29, 1.82) is 0 Å². The van der Waals surface area contributed by atoms with E-state index >= 15 is 0 Å². The molecule has 1 heterocycles. The van der Waals surface area contributed by atoms with E-state index in [0.717, 1.165) is 35.4 Å². The van der Waals surface area contributed by atoms with Crippen LogP contribution in [0.5, 0.6) is 11.5 Å². The highest BCUT2D eigenvalue weighted by molar-refractivity contribution is 5.66. The van der Waals surface area contributed by atoms with Crippen molar-refractivity contribution in [2.75, 3.05) is 6.61 Å². The summed E-state index contributed by atoms with van der Waals surface area (Å²) in [7, 11) is 0. The minimum Gasteiger partial charge on any atom is -0.493 e. The number of unbranched alkanes of at least 4 members (excludes halogenated alkanes) is 2. The van der Waals surface area contributed by atoms with Gasteiger partial charge in [0.25, 0.3) is 0 Å². The molecule has 9 heteroatoms. The second-order valence-electron chi connectivity index (χ2n) is 8.05. The van der Waals surface area contributed by atoms with Crippen molar-refractivity contribution in [1.82, 2.24) is 9.55 Å². The first-order chi connectivity index (χ1) is 16.1. The number of hydrogen-bond acceptors (Lipinski definition) is 4. The highest BCUT2D eigenvalue weighted by atomic mass is 19.4. The zero-order valence-corrected chi connectivity index (χ0v) is 19.1. The molecular weight excluding hydrogens is 449 g/mol. The van der Waals surface area contributed by atoms with Gasteiger partial charge in [-0.2, -0.15) is 0 Å². The topological polar surface area (TPSA) is 73.6 Å². The van der Waals surface area contributed by atoms with E-state index in [9.17, 15) is 18.0 Å². The number of carboxylic acids is 1. The van der Waals surface area contributed by atoms with Crippen LogP contribution < -0.4 is 9.47 Å². The van der Waals surface area contributed by atoms with Crippen molar-refractivity contribution < 1.29 is 32.5 Å². The first-order valence-corrected chi connectivity index (χ1v) is 10.9. The van der Waals surface area contributed by atoms with Crippen LogP contribution in [0.4, 0.5) is 13.2 Å². The maximum absolute atomic E-state index is 12.5. The lowest BCUT2D eigenvalue weighted by molar-refractivity contribution is -0.274. The quantitative estimate of drug-likeness (QED) is 0.337. The molecule has 34 heavy (non-hydrogen) atoms. The van der Waals surface area contributed by atoms with Crippen LogP contribution in [0.2, 0.25) is 0 Å². The number of halogens is 3. The molecule has 3 aromatic rings. The van der Waals surface area contributed by atoms with Crippen molar-refractivity contribution in [2.45, 2.75) is 52.4 Å². The van der Waals surface area contributed by atoms with Crippen molar-refractivity contribution in [3.8, 4) is 22.9 Å². The molecular formula is C25H27F3N2O4. The number of carbonyl (C=O) groups is 1. The Kier molecular flexibility index (Phi) is 8.20. The molecule has 0 radical (unpaired) electrons. The lowest BCUT2D eigenvalue weighted by atomic mass is 10.1. The molecule has 0 bridgehead atoms. The maximum Gasteiger partial charge on any atom is 0.573 e. The van der Waals surface area contributed by atoms with Gasteiger partial charge in [0.05, 0.1) is 13.2 Å². The molecule has 0 aliphatic rings. The van der Waals surface area contributed by atoms with E-state index in [4.69, 9.17) is 9.84 Å². The van der Waals surface area contributed by atoms with Crippen molar-refractivity contribution in [3.05, 3.63) is 65.5 Å². The van der Waals surface area contributed by atoms with Crippen LogP contribution in [0, 0.1) is 13.8 Å². The number of nitrogens with zero attached hydrogens (tertiary/aromatic N) is 2. The Morgan fingerprint density at radius 3 is 2.47 bits per heavy atom. The number of aryl methyl sites for hydroxylation is 2. The molecule has 6 nitrogen and oxygen atoms in total. The largest absolute Gasteiger partial charge is 0.573 e. The fourth-order valence-electron chi connectivity index (χ4n) is 3.58. The smallest absolute Gasteiger partial charge is 0.493 e. The van der Waals surface area contributed by atoms with Crippen molar-refractivity contribution in [3.63, 3.8) is 0 Å². The molecule has 0 fully saturated rings. The normalized spacial score (nSPS) is 11.4. The number of aliphatic carboxylic acids is 1. The number of carboxylic acid groups (broad SMARTS) is 1. The Morgan fingerprint density at radius 1 is 1.06 bits per heavy atom. The van der Waals surface area contributed by atoms with E-state index in [-0.39, 0.29) is 12.2 Å². The fraction of sp³-hybridized carbons (Fsp3) is 0.360. The number of rotatable bonds is 11. The zero-order valence-electron chi connectivity index (χ0n) is 19.1. The number of aromatic nitrogens is 2. The van der Waals surface area contributed by atoms with E-state index < -0.39 is 12.3 Å². The molecule has 0 amide bonds. The lowest BCUT2D eigenvalue weighted by Crippen LogP contribution is -2.17. The van der Waals surface area contributed by atoms with Gasteiger partial charge in [0.2, 0.25) is 0 Å². The summed E-state index contributed by atoms with van der Waals surface area (Å²) in [5.74, 6) is 0.272. The van der Waals surface area contributed by atoms with E-state index in [1.807, 2.05) is 36.6 Å². The molecule has 1 N–H and O–H groups in total. The first-order valence-electron chi connectivity index (χ1n) is 10.9. The highest BCUT2D eigenvalue weighted by Gasteiger charge is 2.31. The predicted molar refractivity (Wildman–Crippen MR) is 121 cm³/mol. The number of ether oxygens (including phenoxy) is 2. The van der Waals surface area contributed by atoms with E-state index in [0.29, 0.717) is 31.0 Å². The summed E-state index contributed by atoms with van der Waals surface area (Å²) in [5, 5.41) is 8.73. The van der Waals surface area contributed by atoms with Crippen molar-refractivity contribution >= 4 is 5.97 Å². The van der Waals surface area contributed by atoms with Crippen LogP contribution in [0.1, 0.15) is 42.5 Å². The SMILES string of the molecule is Cc1ccc(OCCCCCC(=O)O)c(Cn2c(C)cnc2-c2ccc(OC(F)(F)F)cc2)c1. The van der Waals surface area contributed by atoms with Gasteiger partial charge in [-0.3, -0.25) is 4.79 Å². The summed E-state index contributed by atoms with van der Waals surface area (Å²) in [6.45, 7) is 4.85. The van der Waals surface area contributed by atoms with Crippen LogP contribution in [0.3, 0.4) is 0 Å². The van der Waals surface area contributed by atoms with Crippen LogP contribution >= 0.6 is 0 Å². The molecule has 0 atom stereocenters. The fourth-order valence-corrected chi connectivity index (χ4v) is 3.58. The average molecular weight is 476 g/mol. The van der Waals surface area contributed by atoms with Gasteiger partial charge >= 0.3 is 12.3 Å². The van der Waals surface area contributed by atoms with Crippen LogP contribution in [-0.2, 0) is 11.3 Å². The Labute approximate surface area is 196 Å². The molecule has 0 saturated carbocycles. The summed E-state index contributed by atoms with van der Waals surface area (Å²) in [6, 6.07) is 11.5. The number of hydrogen-bond donors (Lipinski definition) is 1. The third kappa shape index (κ3) is 7.26. The molecule has 0 aliphatic heterocycles. The molecule has 0 unspecified atom stereocenters. The summed E-state index contributed by atoms with van der Waals surface area (Å²) in [5.41, 5.74) is 3.57. The van der Waals surface area contributed by atoms with Gasteiger partial charge in [0, 0.05) is 29.4 Å². The third-order valence-corrected chi connectivity index (χ3v) is 5.24. The van der Waals surface area contributed by atoms with E-state index in [1.54, 1.807) is 18.3 Å². The Hall–Kier alpha value is -3.49. The summed E-state index contributed by atoms with van der Waals surface area (Å²) >= 11 is 0. The van der Waals surface area contributed by atoms with Gasteiger partial charge in [-0.1, -0.05) is 17.7 Å². The average Bonchev–Trinajstić information content (AvgIpc) is 3.11. The monoisotopic (exact) mass is 476 g/mol. The summed E-state index contributed by atoms with van der Waals surface area (Å²) in [6.07, 6.45) is -0.733. The number of alkyl halides is 3. The Balaban J connectivity index is 1.74. The minimum absolute atomic E-state index is 0.155. The van der Waals surface area contributed by atoms with Gasteiger partial charge < -0.3 is 19.1 Å². The molecule has 182 valence electrons. The Morgan fingerprint density at radius 2 is 1.79 bits per heavy atom. The lowest BCUT2D eigenvalue weighted by Gasteiger charge is -2.16. The summed E-state index contributed by atoms with van der Waals surface area (Å²) < 4.78 is 49.3. The van der Waals surface area contributed by atoms with Gasteiger partial charge in [-0.25, -0.2) is 4.98 Å². The van der Waals surface area contributed by atoms with Crippen LogP contribution in [0.25, 0.3) is 11.4 Å². The predicted octanol–water partition coefficient (Wildman–Crippen LogP) is 6.14. The molecule has 0 spiro atoms. The van der Waals surface area contributed by atoms with Crippen molar-refractivity contribution in [2.24, 2.45) is 0 Å². The third-order valence-electron chi connectivity index (χ3n) is 5.24. The summed E-state index contributed by atoms with van der Waals surface area (Å²) in [4.78, 5) is 15.1. The second-order valence-corrected chi connectivity index (χ2v) is 8.05. The standard InChI is InChI=1S/C25H27F3N2O4/c1-17-7-12-22(33-13-5-3-4-6-23(31)32)20(14-17)16-30-18(2)15-29-24(30)19-8-10-21(11-9-19)34-25(26,27)28/h7-12,14-15H,3-6,13,16H2,1-2H3,(H,31,32). The van der Waals surface area contributed by atoms with Gasteiger partial charge in [-0.15, -0.1) is 13.2 Å². The number of imidazole rings is 1. The second kappa shape index (κ2) is 11.1. The highest BCUT2D eigenvalue weighted by Crippen LogP contribution is 2.29. The van der Waals surface area contributed by atoms with Gasteiger partial charge in [-0.05, 0) is 63.4 Å². The number of benzene rings is 2. The van der Waals surface area contributed by atoms with E-state index in [1.165, 1.54) is 12.1 Å².